The maximum atomic E-state index is 11.5. The number of nitrogens with two attached hydrogens (primary N) is 2. The van der Waals surface area contributed by atoms with E-state index in [1.54, 1.807) is 6.07 Å². The zero-order valence-electron chi connectivity index (χ0n) is 9.83. The number of nitrogens with one attached hydrogen (secondary N) is 1. The fourth-order valence-electron chi connectivity index (χ4n) is 2.45. The molecule has 1 atom stereocenters. The molecule has 0 spiro atoms. The number of aromatic nitrogens is 2. The van der Waals surface area contributed by atoms with E-state index < -0.39 is 0 Å². The lowest BCUT2D eigenvalue weighted by Crippen LogP contribution is -2.52. The second kappa shape index (κ2) is 3.90. The van der Waals surface area contributed by atoms with Gasteiger partial charge in [-0.3, -0.25) is 0 Å². The summed E-state index contributed by atoms with van der Waals surface area (Å²) < 4.78 is 0. The van der Waals surface area contributed by atoms with E-state index >= 15 is 0 Å². The quantitative estimate of drug-likeness (QED) is 0.579. The van der Waals surface area contributed by atoms with Gasteiger partial charge in [0.15, 0.2) is 0 Å². The maximum absolute atomic E-state index is 11.5. The van der Waals surface area contributed by atoms with Gasteiger partial charge in [0.1, 0.15) is 11.6 Å². The van der Waals surface area contributed by atoms with Gasteiger partial charge in [-0.25, -0.2) is 4.79 Å². The Labute approximate surface area is 104 Å². The molecule has 0 radical (unpaired) electrons. The van der Waals surface area contributed by atoms with Crippen LogP contribution in [-0.2, 0) is 0 Å². The summed E-state index contributed by atoms with van der Waals surface area (Å²) in [5.74, 6) is 1.26. The minimum Gasteiger partial charge on any atom is -0.383 e. The van der Waals surface area contributed by atoms with E-state index in [0.29, 0.717) is 18.9 Å². The zero-order chi connectivity index (χ0) is 12.7. The third kappa shape index (κ3) is 1.75. The monoisotopic (exact) mass is 249 g/mol. The summed E-state index contributed by atoms with van der Waals surface area (Å²) in [6, 6.07) is 1.90. The van der Waals surface area contributed by atoms with Crippen LogP contribution in [0.15, 0.2) is 6.07 Å². The molecule has 0 bridgehead atoms. The van der Waals surface area contributed by atoms with Crippen LogP contribution in [0.2, 0.25) is 0 Å². The molecule has 2 aliphatic heterocycles. The number of anilines is 3. The summed E-state index contributed by atoms with van der Waals surface area (Å²) >= 11 is 0. The number of carbonyl (C=O) groups excluding carboxylic acids is 1. The van der Waals surface area contributed by atoms with Crippen LogP contribution in [-0.4, -0.2) is 53.1 Å². The number of fused-ring (bicyclic) bond motifs is 1. The molecule has 18 heavy (non-hydrogen) atoms. The molecule has 0 aromatic carbocycles. The number of piperazine rings is 1. The van der Waals surface area contributed by atoms with Crippen molar-refractivity contribution in [2.75, 3.05) is 42.5 Å². The van der Waals surface area contributed by atoms with Gasteiger partial charge >= 0.3 is 6.03 Å². The minimum atomic E-state index is 0.0152. The standard InChI is InChI=1S/C10H15N7O/c11-7-3-8(15-9(12)14-7)16-1-2-17-6(5-16)4-13-10(17)18/h3,6H,1-2,4-5H2,(H,13,18)(H4,11,12,14,15). The predicted octanol–water partition coefficient (Wildman–Crippen LogP) is -1.15. The third-order valence-corrected chi connectivity index (χ3v) is 3.31. The molecule has 2 aliphatic rings. The summed E-state index contributed by atoms with van der Waals surface area (Å²) in [5.41, 5.74) is 11.2. The molecule has 2 fully saturated rings. The van der Waals surface area contributed by atoms with Crippen LogP contribution < -0.4 is 21.7 Å². The van der Waals surface area contributed by atoms with Gasteiger partial charge in [0.2, 0.25) is 5.95 Å². The Kier molecular flexibility index (Phi) is 2.35. The second-order valence-electron chi connectivity index (χ2n) is 4.49. The SMILES string of the molecule is Nc1cc(N2CCN3C(=O)NCC3C2)nc(N)n1. The lowest BCUT2D eigenvalue weighted by atomic mass is 10.2. The molecule has 3 heterocycles. The number of hydrogen-bond acceptors (Lipinski definition) is 6. The molecule has 2 saturated heterocycles. The van der Waals surface area contributed by atoms with E-state index in [4.69, 9.17) is 11.5 Å². The molecular weight excluding hydrogens is 234 g/mol. The molecule has 1 aromatic heterocycles. The summed E-state index contributed by atoms with van der Waals surface area (Å²) in [4.78, 5) is 23.4. The van der Waals surface area contributed by atoms with Gasteiger partial charge < -0.3 is 26.6 Å². The van der Waals surface area contributed by atoms with Crippen molar-refractivity contribution in [2.24, 2.45) is 0 Å². The van der Waals surface area contributed by atoms with Crippen LogP contribution in [0.25, 0.3) is 0 Å². The van der Waals surface area contributed by atoms with Crippen molar-refractivity contribution in [3.8, 4) is 0 Å². The number of carbonyl (C=O) groups is 1. The fourth-order valence-corrected chi connectivity index (χ4v) is 2.45. The minimum absolute atomic E-state index is 0.0152. The van der Waals surface area contributed by atoms with Crippen LogP contribution in [0.5, 0.6) is 0 Å². The van der Waals surface area contributed by atoms with Crippen molar-refractivity contribution in [3.05, 3.63) is 6.07 Å². The second-order valence-corrected chi connectivity index (χ2v) is 4.49. The summed E-state index contributed by atoms with van der Waals surface area (Å²) in [5, 5.41) is 2.83. The van der Waals surface area contributed by atoms with Crippen LogP contribution in [0.4, 0.5) is 22.4 Å². The lowest BCUT2D eigenvalue weighted by molar-refractivity contribution is 0.197. The van der Waals surface area contributed by atoms with Gasteiger partial charge in [0.25, 0.3) is 0 Å². The van der Waals surface area contributed by atoms with Gasteiger partial charge in [-0.1, -0.05) is 0 Å². The van der Waals surface area contributed by atoms with Crippen molar-refractivity contribution < 1.29 is 4.79 Å². The number of rotatable bonds is 1. The molecule has 0 saturated carbocycles. The Hall–Kier alpha value is -2.25. The van der Waals surface area contributed by atoms with Crippen LogP contribution >= 0.6 is 0 Å². The topological polar surface area (TPSA) is 113 Å². The average Bonchev–Trinajstić information content (AvgIpc) is 2.69. The summed E-state index contributed by atoms with van der Waals surface area (Å²) in [7, 11) is 0. The lowest BCUT2D eigenvalue weighted by Gasteiger charge is -2.37. The molecule has 5 N–H and O–H groups in total. The first-order valence-electron chi connectivity index (χ1n) is 5.83. The molecule has 3 rings (SSSR count). The third-order valence-electron chi connectivity index (χ3n) is 3.31. The van der Waals surface area contributed by atoms with Gasteiger partial charge in [-0.2, -0.15) is 9.97 Å². The Morgan fingerprint density at radius 3 is 2.94 bits per heavy atom. The van der Waals surface area contributed by atoms with E-state index in [2.05, 4.69) is 20.2 Å². The van der Waals surface area contributed by atoms with E-state index in [-0.39, 0.29) is 18.0 Å². The van der Waals surface area contributed by atoms with Gasteiger partial charge in [-0.15, -0.1) is 0 Å². The predicted molar refractivity (Wildman–Crippen MR) is 67.0 cm³/mol. The Morgan fingerprint density at radius 1 is 1.33 bits per heavy atom. The van der Waals surface area contributed by atoms with Crippen molar-refractivity contribution in [1.29, 1.82) is 0 Å². The van der Waals surface area contributed by atoms with Crippen molar-refractivity contribution >= 4 is 23.6 Å². The smallest absolute Gasteiger partial charge is 0.317 e. The maximum Gasteiger partial charge on any atom is 0.317 e. The Morgan fingerprint density at radius 2 is 2.17 bits per heavy atom. The number of nitrogen functional groups attached to an aromatic ring is 2. The number of hydrogen-bond donors (Lipinski definition) is 3. The summed E-state index contributed by atoms with van der Waals surface area (Å²) in [6.07, 6.45) is 0. The largest absolute Gasteiger partial charge is 0.383 e. The molecule has 8 nitrogen and oxygen atoms in total. The number of nitrogens with zero attached hydrogens (tertiary/aromatic N) is 4. The van der Waals surface area contributed by atoms with Crippen molar-refractivity contribution in [2.45, 2.75) is 6.04 Å². The Balaban J connectivity index is 1.80. The highest BCUT2D eigenvalue weighted by Gasteiger charge is 2.35. The van der Waals surface area contributed by atoms with Gasteiger partial charge in [0.05, 0.1) is 6.04 Å². The van der Waals surface area contributed by atoms with E-state index in [9.17, 15) is 4.79 Å². The van der Waals surface area contributed by atoms with E-state index in [1.165, 1.54) is 0 Å². The molecule has 8 heteroatoms. The highest BCUT2D eigenvalue weighted by molar-refractivity contribution is 5.77. The zero-order valence-corrected chi connectivity index (χ0v) is 9.83. The van der Waals surface area contributed by atoms with E-state index in [0.717, 1.165) is 18.9 Å². The summed E-state index contributed by atoms with van der Waals surface area (Å²) in [6.45, 7) is 2.81. The van der Waals surface area contributed by atoms with Crippen LogP contribution in [0.3, 0.4) is 0 Å². The van der Waals surface area contributed by atoms with E-state index in [1.807, 2.05) is 4.90 Å². The highest BCUT2D eigenvalue weighted by Crippen LogP contribution is 2.21. The normalized spacial score (nSPS) is 22.9. The average molecular weight is 249 g/mol. The van der Waals surface area contributed by atoms with Crippen LogP contribution in [0.1, 0.15) is 0 Å². The first kappa shape index (κ1) is 10.9. The number of amides is 2. The Bertz CT molecular complexity index is 471. The first-order valence-corrected chi connectivity index (χ1v) is 5.83. The van der Waals surface area contributed by atoms with Crippen molar-refractivity contribution in [3.63, 3.8) is 0 Å². The number of urea groups is 1. The highest BCUT2D eigenvalue weighted by atomic mass is 16.2. The molecule has 96 valence electrons. The van der Waals surface area contributed by atoms with Crippen molar-refractivity contribution in [1.82, 2.24) is 20.2 Å². The first-order chi connectivity index (χ1) is 8.63. The molecule has 2 amide bonds. The molecule has 1 unspecified atom stereocenters. The molecular formula is C10H15N7O. The van der Waals surface area contributed by atoms with Crippen LogP contribution in [0, 0.1) is 0 Å². The fraction of sp³-hybridized carbons (Fsp3) is 0.500. The van der Waals surface area contributed by atoms with Gasteiger partial charge in [0, 0.05) is 32.2 Å². The molecule has 0 aliphatic carbocycles. The van der Waals surface area contributed by atoms with Gasteiger partial charge in [-0.05, 0) is 0 Å². The molecule has 1 aromatic rings.